The summed E-state index contributed by atoms with van der Waals surface area (Å²) in [6.45, 7) is 6.47. The number of hydrogen-bond donors (Lipinski definition) is 0. The number of rotatable bonds is 1. The molecule has 132 valence electrons. The lowest BCUT2D eigenvalue weighted by Crippen LogP contribution is -2.46. The summed E-state index contributed by atoms with van der Waals surface area (Å²) in [5.41, 5.74) is 1.70. The van der Waals surface area contributed by atoms with Crippen LogP contribution in [-0.4, -0.2) is 32.2 Å². The van der Waals surface area contributed by atoms with E-state index in [0.717, 1.165) is 22.9 Å². The Morgan fingerprint density at radius 1 is 1.19 bits per heavy atom. The van der Waals surface area contributed by atoms with Crippen LogP contribution in [0.1, 0.15) is 32.2 Å². The van der Waals surface area contributed by atoms with Gasteiger partial charge in [-0.3, -0.25) is 4.57 Å². The number of benzene rings is 1. The maximum absolute atomic E-state index is 6.35. The molecule has 0 amide bonds. The minimum atomic E-state index is -0.228. The maximum Gasteiger partial charge on any atom is 0.287 e. The van der Waals surface area contributed by atoms with Gasteiger partial charge in [0.25, 0.3) is 5.95 Å². The highest BCUT2D eigenvalue weighted by atomic mass is 35.5. The number of imidazole rings is 1. The zero-order valence-electron chi connectivity index (χ0n) is 14.5. The van der Waals surface area contributed by atoms with E-state index in [1.165, 1.54) is 0 Å². The van der Waals surface area contributed by atoms with Gasteiger partial charge in [-0.15, -0.1) is 0 Å². The van der Waals surface area contributed by atoms with E-state index >= 15 is 0 Å². The molecule has 8 nitrogen and oxygen atoms in total. The van der Waals surface area contributed by atoms with Crippen molar-refractivity contribution >= 4 is 29.2 Å². The molecular weight excluding hydrogens is 354 g/mol. The standard InChI is InChI=1S/C17H16ClN7O/c1-17(2,3)14-21-16(22-26-14)23-9-20-13-10-6-4-5-7-11(10)24-12(25(13)23)8-19-15(24)18/h4-8H,9H2,1-3H3. The summed E-state index contributed by atoms with van der Waals surface area (Å²) in [6.07, 6.45) is 1.72. The van der Waals surface area contributed by atoms with Crippen molar-refractivity contribution in [3.05, 3.63) is 47.2 Å². The number of para-hydroxylation sites is 1. The van der Waals surface area contributed by atoms with Crippen LogP contribution >= 0.6 is 11.6 Å². The molecule has 0 aliphatic carbocycles. The van der Waals surface area contributed by atoms with Gasteiger partial charge in [0.1, 0.15) is 6.67 Å². The van der Waals surface area contributed by atoms with Gasteiger partial charge in [0.2, 0.25) is 11.2 Å². The maximum atomic E-state index is 6.35. The molecule has 0 fully saturated rings. The first-order valence-electron chi connectivity index (χ1n) is 8.24. The minimum absolute atomic E-state index is 0.228. The average molecular weight is 370 g/mol. The largest absolute Gasteiger partial charge is 0.337 e. The van der Waals surface area contributed by atoms with Gasteiger partial charge in [-0.2, -0.15) is 4.98 Å². The van der Waals surface area contributed by atoms with Crippen molar-refractivity contribution in [2.45, 2.75) is 26.2 Å². The summed E-state index contributed by atoms with van der Waals surface area (Å²) in [7, 11) is 0. The molecule has 5 rings (SSSR count). The number of hydrazine groups is 1. The van der Waals surface area contributed by atoms with Crippen molar-refractivity contribution in [3.8, 4) is 5.69 Å². The molecule has 0 saturated carbocycles. The molecule has 1 aromatic carbocycles. The van der Waals surface area contributed by atoms with Crippen LogP contribution < -0.4 is 10.0 Å². The van der Waals surface area contributed by atoms with E-state index in [1.807, 2.05) is 59.6 Å². The van der Waals surface area contributed by atoms with E-state index < -0.39 is 0 Å². The summed E-state index contributed by atoms with van der Waals surface area (Å²) in [4.78, 5) is 13.5. The number of aromatic nitrogens is 4. The average Bonchev–Trinajstić information content (AvgIpc) is 3.31. The van der Waals surface area contributed by atoms with E-state index in [1.54, 1.807) is 6.20 Å². The molecule has 4 heterocycles. The monoisotopic (exact) mass is 369 g/mol. The predicted octanol–water partition coefficient (Wildman–Crippen LogP) is 3.17. The van der Waals surface area contributed by atoms with Crippen molar-refractivity contribution < 1.29 is 4.52 Å². The van der Waals surface area contributed by atoms with Crippen LogP contribution in [0.3, 0.4) is 0 Å². The van der Waals surface area contributed by atoms with Gasteiger partial charge in [0.05, 0.1) is 11.9 Å². The van der Waals surface area contributed by atoms with Gasteiger partial charge >= 0.3 is 0 Å². The lowest BCUT2D eigenvalue weighted by atomic mass is 9.97. The Bertz CT molecular complexity index is 1050. The smallest absolute Gasteiger partial charge is 0.287 e. The number of fused-ring (bicyclic) bond motifs is 6. The fraction of sp³-hybridized carbons (Fsp3) is 0.294. The number of nitrogens with zero attached hydrogens (tertiary/aromatic N) is 7. The SMILES string of the molecule is CC(C)(C)c1nc(N2CN=C3c4ccccc4-n4c(cnc4Cl)N32)no1. The summed E-state index contributed by atoms with van der Waals surface area (Å²) < 4.78 is 7.34. The van der Waals surface area contributed by atoms with E-state index in [0.29, 0.717) is 23.8 Å². The first-order valence-corrected chi connectivity index (χ1v) is 8.62. The van der Waals surface area contributed by atoms with E-state index in [2.05, 4.69) is 15.1 Å². The van der Waals surface area contributed by atoms with E-state index in [-0.39, 0.29) is 5.41 Å². The second-order valence-corrected chi connectivity index (χ2v) is 7.56. The van der Waals surface area contributed by atoms with Gasteiger partial charge < -0.3 is 4.52 Å². The van der Waals surface area contributed by atoms with Crippen molar-refractivity contribution in [2.24, 2.45) is 4.99 Å². The number of hydrogen-bond acceptors (Lipinski definition) is 7. The Balaban J connectivity index is 1.64. The highest BCUT2D eigenvalue weighted by molar-refractivity contribution is 6.29. The minimum Gasteiger partial charge on any atom is -0.337 e. The molecule has 0 bridgehead atoms. The molecule has 26 heavy (non-hydrogen) atoms. The molecule has 2 aliphatic rings. The van der Waals surface area contributed by atoms with Gasteiger partial charge in [-0.1, -0.05) is 32.9 Å². The zero-order valence-corrected chi connectivity index (χ0v) is 15.3. The zero-order chi connectivity index (χ0) is 18.1. The summed E-state index contributed by atoms with van der Waals surface area (Å²) in [5.74, 6) is 2.63. The fourth-order valence-electron chi connectivity index (χ4n) is 3.14. The molecular formula is C17H16ClN7O. The topological polar surface area (TPSA) is 75.6 Å². The van der Waals surface area contributed by atoms with Gasteiger partial charge in [0, 0.05) is 11.0 Å². The Kier molecular flexibility index (Phi) is 3.00. The molecule has 0 atom stereocenters. The number of halogens is 1. The number of aliphatic imine (C=N–C) groups is 1. The lowest BCUT2D eigenvalue weighted by molar-refractivity contribution is 0.320. The first kappa shape index (κ1) is 15.4. The molecule has 3 aromatic rings. The highest BCUT2D eigenvalue weighted by Crippen LogP contribution is 2.38. The Morgan fingerprint density at radius 2 is 2.00 bits per heavy atom. The van der Waals surface area contributed by atoms with Crippen LogP contribution in [0.4, 0.5) is 11.8 Å². The molecule has 0 unspecified atom stereocenters. The third kappa shape index (κ3) is 2.02. The Hall–Kier alpha value is -2.87. The van der Waals surface area contributed by atoms with E-state index in [4.69, 9.17) is 21.1 Å². The predicted molar refractivity (Wildman–Crippen MR) is 97.9 cm³/mol. The highest BCUT2D eigenvalue weighted by Gasteiger charge is 2.39. The molecule has 9 heteroatoms. The van der Waals surface area contributed by atoms with Crippen LogP contribution in [0.5, 0.6) is 0 Å². The van der Waals surface area contributed by atoms with E-state index in [9.17, 15) is 0 Å². The van der Waals surface area contributed by atoms with Gasteiger partial charge in [-0.05, 0) is 28.9 Å². The number of amidine groups is 1. The number of anilines is 2. The molecule has 2 aromatic heterocycles. The second-order valence-electron chi connectivity index (χ2n) is 7.22. The molecule has 0 N–H and O–H groups in total. The Morgan fingerprint density at radius 3 is 2.77 bits per heavy atom. The summed E-state index contributed by atoms with van der Waals surface area (Å²) in [6, 6.07) is 7.96. The van der Waals surface area contributed by atoms with Gasteiger partial charge in [-0.25, -0.2) is 20.0 Å². The molecule has 0 spiro atoms. The fourth-order valence-corrected chi connectivity index (χ4v) is 3.37. The molecule has 0 saturated heterocycles. The quantitative estimate of drug-likeness (QED) is 0.655. The molecule has 0 radical (unpaired) electrons. The summed E-state index contributed by atoms with van der Waals surface area (Å²) in [5, 5.41) is 8.33. The van der Waals surface area contributed by atoms with Crippen LogP contribution in [0.15, 0.2) is 40.0 Å². The van der Waals surface area contributed by atoms with Crippen LogP contribution in [0.25, 0.3) is 5.69 Å². The van der Waals surface area contributed by atoms with Crippen molar-refractivity contribution in [3.63, 3.8) is 0 Å². The Labute approximate surface area is 154 Å². The van der Waals surface area contributed by atoms with Crippen LogP contribution in [0, 0.1) is 0 Å². The third-order valence-corrected chi connectivity index (χ3v) is 4.65. The van der Waals surface area contributed by atoms with Crippen molar-refractivity contribution in [2.75, 3.05) is 16.7 Å². The van der Waals surface area contributed by atoms with Crippen LogP contribution in [0.2, 0.25) is 5.28 Å². The van der Waals surface area contributed by atoms with Crippen LogP contribution in [-0.2, 0) is 5.41 Å². The van der Waals surface area contributed by atoms with Crippen molar-refractivity contribution in [1.29, 1.82) is 0 Å². The first-order chi connectivity index (χ1) is 12.4. The lowest BCUT2D eigenvalue weighted by Gasteiger charge is -2.33. The van der Waals surface area contributed by atoms with Gasteiger partial charge in [0.15, 0.2) is 11.7 Å². The molecule has 2 aliphatic heterocycles. The normalized spacial score (nSPS) is 15.6. The van der Waals surface area contributed by atoms with Crippen molar-refractivity contribution in [1.82, 2.24) is 19.7 Å². The summed E-state index contributed by atoms with van der Waals surface area (Å²) >= 11 is 6.35. The second kappa shape index (κ2) is 5.07. The third-order valence-electron chi connectivity index (χ3n) is 4.39.